The van der Waals surface area contributed by atoms with Crippen molar-refractivity contribution in [1.29, 1.82) is 0 Å². The van der Waals surface area contributed by atoms with Gasteiger partial charge in [0, 0.05) is 25.4 Å². The number of carbonyl (C=O) groups is 1. The first kappa shape index (κ1) is 15.3. The number of ether oxygens (including phenoxy) is 2. The van der Waals surface area contributed by atoms with Gasteiger partial charge in [0.1, 0.15) is 5.75 Å². The fraction of sp³-hybridized carbons (Fsp3) is 0.462. The zero-order valence-corrected chi connectivity index (χ0v) is 11.2. The topological polar surface area (TPSA) is 79.8 Å². The van der Waals surface area contributed by atoms with Gasteiger partial charge < -0.3 is 25.2 Å². The monoisotopic (exact) mass is 268 g/mol. The molecule has 0 fully saturated rings. The van der Waals surface area contributed by atoms with Crippen LogP contribution in [-0.2, 0) is 4.74 Å². The molecular weight excluding hydrogens is 248 g/mol. The van der Waals surface area contributed by atoms with E-state index in [-0.39, 0.29) is 12.6 Å². The van der Waals surface area contributed by atoms with Crippen molar-refractivity contribution in [2.75, 3.05) is 32.7 Å². The third-order valence-electron chi connectivity index (χ3n) is 2.45. The maximum atomic E-state index is 11.6. The summed E-state index contributed by atoms with van der Waals surface area (Å²) in [6, 6.07) is 6.75. The highest BCUT2D eigenvalue weighted by Gasteiger charge is 2.05. The van der Waals surface area contributed by atoms with Gasteiger partial charge in [-0.1, -0.05) is 6.07 Å². The highest BCUT2D eigenvalue weighted by Crippen LogP contribution is 2.16. The Hall–Kier alpha value is -1.79. The number of urea groups is 1. The molecule has 1 atom stereocenters. The number of nitrogens with one attached hydrogen (secondary N) is 2. The molecule has 0 aromatic heterocycles. The lowest BCUT2D eigenvalue weighted by Crippen LogP contribution is -2.32. The molecule has 106 valence electrons. The Balaban J connectivity index is 2.30. The van der Waals surface area contributed by atoms with Crippen molar-refractivity contribution in [3.05, 3.63) is 24.3 Å². The number of hydrogen-bond donors (Lipinski definition) is 3. The molecule has 0 saturated carbocycles. The Morgan fingerprint density at radius 2 is 2.21 bits per heavy atom. The molecule has 0 saturated heterocycles. The fourth-order valence-electron chi connectivity index (χ4n) is 1.50. The fourth-order valence-corrected chi connectivity index (χ4v) is 1.50. The molecular formula is C13H20N2O4. The summed E-state index contributed by atoms with van der Waals surface area (Å²) >= 11 is 0. The minimum Gasteiger partial charge on any atom is -0.497 e. The summed E-state index contributed by atoms with van der Waals surface area (Å²) in [6.45, 7) is 0.638. The van der Waals surface area contributed by atoms with Gasteiger partial charge in [0.25, 0.3) is 0 Å². The van der Waals surface area contributed by atoms with Crippen LogP contribution in [0, 0.1) is 0 Å². The average Bonchev–Trinajstić information content (AvgIpc) is 2.39. The van der Waals surface area contributed by atoms with Gasteiger partial charge in [0.05, 0.1) is 19.8 Å². The SMILES string of the molecule is COCC(O)CCNC(=O)Nc1cccc(OC)c1. The number of amides is 2. The third-order valence-corrected chi connectivity index (χ3v) is 2.45. The van der Waals surface area contributed by atoms with Crippen LogP contribution in [-0.4, -0.2) is 44.6 Å². The largest absolute Gasteiger partial charge is 0.497 e. The molecule has 1 unspecified atom stereocenters. The number of carbonyl (C=O) groups excluding carboxylic acids is 1. The Bertz CT molecular complexity index is 398. The van der Waals surface area contributed by atoms with Crippen molar-refractivity contribution >= 4 is 11.7 Å². The van der Waals surface area contributed by atoms with Crippen molar-refractivity contribution in [1.82, 2.24) is 5.32 Å². The van der Waals surface area contributed by atoms with E-state index >= 15 is 0 Å². The molecule has 0 aliphatic carbocycles. The first-order valence-electron chi connectivity index (χ1n) is 6.01. The van der Waals surface area contributed by atoms with Gasteiger partial charge in [0.2, 0.25) is 0 Å². The van der Waals surface area contributed by atoms with Gasteiger partial charge in [-0.15, -0.1) is 0 Å². The first-order chi connectivity index (χ1) is 9.15. The van der Waals surface area contributed by atoms with Crippen LogP contribution >= 0.6 is 0 Å². The van der Waals surface area contributed by atoms with Crippen molar-refractivity contribution in [2.45, 2.75) is 12.5 Å². The lowest BCUT2D eigenvalue weighted by atomic mass is 10.2. The quantitative estimate of drug-likeness (QED) is 0.694. The maximum absolute atomic E-state index is 11.6. The molecule has 0 heterocycles. The van der Waals surface area contributed by atoms with Gasteiger partial charge in [0.15, 0.2) is 0 Å². The van der Waals surface area contributed by atoms with Crippen LogP contribution in [0.4, 0.5) is 10.5 Å². The van der Waals surface area contributed by atoms with Crippen molar-refractivity contribution < 1.29 is 19.4 Å². The highest BCUT2D eigenvalue weighted by atomic mass is 16.5. The first-order valence-corrected chi connectivity index (χ1v) is 6.01. The molecule has 0 radical (unpaired) electrons. The number of aliphatic hydroxyl groups excluding tert-OH is 1. The highest BCUT2D eigenvalue weighted by molar-refractivity contribution is 5.89. The average molecular weight is 268 g/mol. The van der Waals surface area contributed by atoms with E-state index < -0.39 is 6.10 Å². The Kier molecular flexibility index (Phi) is 6.70. The predicted molar refractivity (Wildman–Crippen MR) is 72.5 cm³/mol. The predicted octanol–water partition coefficient (Wildman–Crippen LogP) is 1.21. The van der Waals surface area contributed by atoms with Crippen LogP contribution < -0.4 is 15.4 Å². The number of anilines is 1. The van der Waals surface area contributed by atoms with Gasteiger partial charge in [-0.3, -0.25) is 0 Å². The molecule has 1 aromatic rings. The number of methoxy groups -OCH3 is 2. The summed E-state index contributed by atoms with van der Waals surface area (Å²) < 4.78 is 9.85. The number of hydrogen-bond acceptors (Lipinski definition) is 4. The van der Waals surface area contributed by atoms with Crippen LogP contribution in [0.15, 0.2) is 24.3 Å². The smallest absolute Gasteiger partial charge is 0.319 e. The van der Waals surface area contributed by atoms with Gasteiger partial charge in [-0.2, -0.15) is 0 Å². The zero-order chi connectivity index (χ0) is 14.1. The number of rotatable bonds is 7. The Morgan fingerprint density at radius 1 is 1.42 bits per heavy atom. The van der Waals surface area contributed by atoms with Crippen LogP contribution in [0.25, 0.3) is 0 Å². The lowest BCUT2D eigenvalue weighted by molar-refractivity contribution is 0.0599. The standard InChI is InChI=1S/C13H20N2O4/c1-18-9-11(16)6-7-14-13(17)15-10-4-3-5-12(8-10)19-2/h3-5,8,11,16H,6-7,9H2,1-2H3,(H2,14,15,17). The van der Waals surface area contributed by atoms with Gasteiger partial charge in [-0.25, -0.2) is 4.79 Å². The van der Waals surface area contributed by atoms with Gasteiger partial charge >= 0.3 is 6.03 Å². The minimum absolute atomic E-state index is 0.263. The normalized spacial score (nSPS) is 11.7. The summed E-state index contributed by atoms with van der Waals surface area (Å²) in [7, 11) is 3.09. The van der Waals surface area contributed by atoms with Crippen LogP contribution in [0.3, 0.4) is 0 Å². The molecule has 19 heavy (non-hydrogen) atoms. The van der Waals surface area contributed by atoms with E-state index in [1.54, 1.807) is 31.4 Å². The summed E-state index contributed by atoms with van der Waals surface area (Å²) in [5.74, 6) is 0.674. The molecule has 2 amide bonds. The Labute approximate surface area is 112 Å². The molecule has 0 bridgehead atoms. The minimum atomic E-state index is -0.567. The van der Waals surface area contributed by atoms with Crippen LogP contribution in [0.5, 0.6) is 5.75 Å². The molecule has 0 aliphatic heterocycles. The summed E-state index contributed by atoms with van der Waals surface area (Å²) in [5, 5.41) is 14.7. The number of benzene rings is 1. The van der Waals surface area contributed by atoms with E-state index in [4.69, 9.17) is 9.47 Å². The second-order valence-electron chi connectivity index (χ2n) is 4.01. The summed E-state index contributed by atoms with van der Waals surface area (Å²) in [5.41, 5.74) is 0.647. The summed E-state index contributed by atoms with van der Waals surface area (Å²) in [6.07, 6.45) is -0.124. The molecule has 6 heteroatoms. The van der Waals surface area contributed by atoms with Crippen molar-refractivity contribution in [2.24, 2.45) is 0 Å². The molecule has 0 spiro atoms. The van der Waals surface area contributed by atoms with E-state index in [1.807, 2.05) is 0 Å². The van der Waals surface area contributed by atoms with E-state index in [9.17, 15) is 9.90 Å². The van der Waals surface area contributed by atoms with Crippen molar-refractivity contribution in [3.63, 3.8) is 0 Å². The maximum Gasteiger partial charge on any atom is 0.319 e. The third kappa shape index (κ3) is 6.08. The van der Waals surface area contributed by atoms with E-state index in [0.29, 0.717) is 24.4 Å². The lowest BCUT2D eigenvalue weighted by Gasteiger charge is -2.11. The van der Waals surface area contributed by atoms with E-state index in [2.05, 4.69) is 10.6 Å². The number of aliphatic hydroxyl groups is 1. The molecule has 1 aromatic carbocycles. The van der Waals surface area contributed by atoms with Crippen LogP contribution in [0.1, 0.15) is 6.42 Å². The van der Waals surface area contributed by atoms with Gasteiger partial charge in [-0.05, 0) is 18.6 Å². The van der Waals surface area contributed by atoms with E-state index in [1.165, 1.54) is 7.11 Å². The molecule has 0 aliphatic rings. The zero-order valence-electron chi connectivity index (χ0n) is 11.2. The Morgan fingerprint density at radius 3 is 2.89 bits per heavy atom. The van der Waals surface area contributed by atoms with E-state index in [0.717, 1.165) is 0 Å². The molecule has 1 rings (SSSR count). The second kappa shape index (κ2) is 8.34. The van der Waals surface area contributed by atoms with Crippen molar-refractivity contribution in [3.8, 4) is 5.75 Å². The summed E-state index contributed by atoms with van der Waals surface area (Å²) in [4.78, 5) is 11.6. The van der Waals surface area contributed by atoms with Crippen LogP contribution in [0.2, 0.25) is 0 Å². The molecule has 6 nitrogen and oxygen atoms in total. The molecule has 3 N–H and O–H groups in total. The second-order valence-corrected chi connectivity index (χ2v) is 4.01.